The summed E-state index contributed by atoms with van der Waals surface area (Å²) in [5, 5.41) is 0.591. The summed E-state index contributed by atoms with van der Waals surface area (Å²) in [5.41, 5.74) is 5.34. The Hall–Kier alpha value is -1.45. The molecule has 2 nitrogen and oxygen atoms in total. The summed E-state index contributed by atoms with van der Waals surface area (Å²) >= 11 is 7.46. The van der Waals surface area contributed by atoms with Gasteiger partial charge in [-0.3, -0.25) is 4.79 Å². The van der Waals surface area contributed by atoms with Crippen molar-refractivity contribution in [1.29, 1.82) is 0 Å². The molecule has 1 heterocycles. The predicted octanol–water partition coefficient (Wildman–Crippen LogP) is 3.73. The maximum Gasteiger partial charge on any atom is 0.187 e. The maximum atomic E-state index is 11.9. The topological polar surface area (TPSA) is 30.0 Å². The van der Waals surface area contributed by atoms with E-state index in [-0.39, 0.29) is 5.78 Å². The van der Waals surface area contributed by atoms with Crippen LogP contribution in [0.25, 0.3) is 5.57 Å². The SMILES string of the molecule is Cc1ncsc1C1=CC(=O)c2cc(Cl)ccc21. The van der Waals surface area contributed by atoms with Gasteiger partial charge in [0.2, 0.25) is 0 Å². The van der Waals surface area contributed by atoms with E-state index >= 15 is 0 Å². The van der Waals surface area contributed by atoms with Gasteiger partial charge in [0.1, 0.15) is 0 Å². The number of aryl methyl sites for hydroxylation is 1. The van der Waals surface area contributed by atoms with Crippen LogP contribution in [0.1, 0.15) is 26.5 Å². The number of rotatable bonds is 1. The second kappa shape index (κ2) is 3.79. The first kappa shape index (κ1) is 10.7. The highest BCUT2D eigenvalue weighted by Crippen LogP contribution is 2.36. The first-order valence-corrected chi connectivity index (χ1v) is 6.39. The van der Waals surface area contributed by atoms with Crippen LogP contribution in [0.4, 0.5) is 0 Å². The summed E-state index contributed by atoms with van der Waals surface area (Å²) < 4.78 is 0. The lowest BCUT2D eigenvalue weighted by atomic mass is 10.0. The zero-order valence-electron chi connectivity index (χ0n) is 9.03. The highest BCUT2D eigenvalue weighted by Gasteiger charge is 2.24. The number of hydrogen-bond donors (Lipinski definition) is 0. The van der Waals surface area contributed by atoms with Gasteiger partial charge in [-0.25, -0.2) is 4.98 Å². The molecule has 0 radical (unpaired) electrons. The smallest absolute Gasteiger partial charge is 0.187 e. The van der Waals surface area contributed by atoms with Crippen LogP contribution in [0.5, 0.6) is 0 Å². The molecule has 1 aliphatic carbocycles. The number of ketones is 1. The number of aromatic nitrogens is 1. The Bertz CT molecular complexity index is 657. The summed E-state index contributed by atoms with van der Waals surface area (Å²) in [4.78, 5) is 17.2. The number of allylic oxidation sites excluding steroid dienone is 1. The van der Waals surface area contributed by atoms with Crippen LogP contribution in [-0.4, -0.2) is 10.8 Å². The monoisotopic (exact) mass is 261 g/mol. The molecule has 0 atom stereocenters. The normalized spacial score (nSPS) is 13.8. The summed E-state index contributed by atoms with van der Waals surface area (Å²) in [5.74, 6) is 0.0188. The number of carbonyl (C=O) groups is 1. The molecule has 0 saturated heterocycles. The van der Waals surface area contributed by atoms with Gasteiger partial charge >= 0.3 is 0 Å². The quantitative estimate of drug-likeness (QED) is 0.783. The first-order chi connectivity index (χ1) is 8.16. The number of benzene rings is 1. The van der Waals surface area contributed by atoms with Crippen molar-refractivity contribution in [3.8, 4) is 0 Å². The maximum absolute atomic E-state index is 11.9. The average molecular weight is 262 g/mol. The molecule has 0 saturated carbocycles. The van der Waals surface area contributed by atoms with E-state index in [1.807, 2.05) is 19.1 Å². The number of nitrogens with zero attached hydrogens (tertiary/aromatic N) is 1. The molecule has 84 valence electrons. The molecule has 0 fully saturated rings. The van der Waals surface area contributed by atoms with Crippen LogP contribution >= 0.6 is 22.9 Å². The van der Waals surface area contributed by atoms with E-state index in [0.717, 1.165) is 21.7 Å². The fourth-order valence-electron chi connectivity index (χ4n) is 1.99. The lowest BCUT2D eigenvalue weighted by molar-refractivity contribution is 0.105. The second-order valence-corrected chi connectivity index (χ2v) is 5.17. The Morgan fingerprint density at radius 1 is 1.29 bits per heavy atom. The van der Waals surface area contributed by atoms with Gasteiger partial charge in [0.15, 0.2) is 5.78 Å². The molecule has 17 heavy (non-hydrogen) atoms. The Kier molecular flexibility index (Phi) is 2.38. The number of fused-ring (bicyclic) bond motifs is 1. The van der Waals surface area contributed by atoms with Crippen molar-refractivity contribution in [2.45, 2.75) is 6.92 Å². The van der Waals surface area contributed by atoms with E-state index in [2.05, 4.69) is 4.98 Å². The average Bonchev–Trinajstić information content (AvgIpc) is 2.84. The minimum absolute atomic E-state index is 0.0188. The molecule has 0 amide bonds. The lowest BCUT2D eigenvalue weighted by Gasteiger charge is -2.03. The minimum atomic E-state index is 0.0188. The molecule has 1 aliphatic rings. The third-order valence-electron chi connectivity index (χ3n) is 2.80. The third-order valence-corrected chi connectivity index (χ3v) is 4.00. The second-order valence-electron chi connectivity index (χ2n) is 3.88. The van der Waals surface area contributed by atoms with Gasteiger partial charge in [0, 0.05) is 16.2 Å². The van der Waals surface area contributed by atoms with E-state index in [1.54, 1.807) is 29.0 Å². The Labute approximate surface area is 108 Å². The van der Waals surface area contributed by atoms with Gasteiger partial charge < -0.3 is 0 Å². The van der Waals surface area contributed by atoms with Gasteiger partial charge in [-0.15, -0.1) is 11.3 Å². The molecule has 3 rings (SSSR count). The predicted molar refractivity (Wildman–Crippen MR) is 69.7 cm³/mol. The van der Waals surface area contributed by atoms with Crippen LogP contribution in [0, 0.1) is 6.92 Å². The molecule has 0 unspecified atom stereocenters. The lowest BCUT2D eigenvalue weighted by Crippen LogP contribution is -1.91. The van der Waals surface area contributed by atoms with E-state index < -0.39 is 0 Å². The van der Waals surface area contributed by atoms with Crippen molar-refractivity contribution in [3.63, 3.8) is 0 Å². The summed E-state index contributed by atoms with van der Waals surface area (Å²) in [6, 6.07) is 5.43. The molecule has 0 N–H and O–H groups in total. The molecule has 2 aromatic rings. The van der Waals surface area contributed by atoms with Crippen molar-refractivity contribution in [1.82, 2.24) is 4.98 Å². The zero-order chi connectivity index (χ0) is 12.0. The molecule has 0 bridgehead atoms. The van der Waals surface area contributed by atoms with Gasteiger partial charge in [-0.05, 0) is 30.7 Å². The number of carbonyl (C=O) groups excluding carboxylic acids is 1. The first-order valence-electron chi connectivity index (χ1n) is 5.13. The zero-order valence-corrected chi connectivity index (χ0v) is 10.6. The molecule has 0 aliphatic heterocycles. The number of hydrogen-bond acceptors (Lipinski definition) is 3. The van der Waals surface area contributed by atoms with Crippen molar-refractivity contribution in [2.24, 2.45) is 0 Å². The van der Waals surface area contributed by atoms with Crippen molar-refractivity contribution >= 4 is 34.3 Å². The fraction of sp³-hybridized carbons (Fsp3) is 0.0769. The van der Waals surface area contributed by atoms with E-state index in [9.17, 15) is 4.79 Å². The number of halogens is 1. The number of thiazole rings is 1. The minimum Gasteiger partial charge on any atom is -0.289 e. The van der Waals surface area contributed by atoms with Gasteiger partial charge in [0.05, 0.1) is 16.1 Å². The highest BCUT2D eigenvalue weighted by molar-refractivity contribution is 7.11. The Morgan fingerprint density at radius 3 is 2.82 bits per heavy atom. The highest BCUT2D eigenvalue weighted by atomic mass is 35.5. The summed E-state index contributed by atoms with van der Waals surface area (Å²) in [6.45, 7) is 1.95. The van der Waals surface area contributed by atoms with Crippen LogP contribution in [0.15, 0.2) is 29.8 Å². The molecule has 1 aromatic heterocycles. The third kappa shape index (κ3) is 1.63. The molecule has 1 aromatic carbocycles. The van der Waals surface area contributed by atoms with Gasteiger partial charge in [0.25, 0.3) is 0 Å². The van der Waals surface area contributed by atoms with Crippen molar-refractivity contribution in [2.75, 3.05) is 0 Å². The Balaban J connectivity index is 2.21. The van der Waals surface area contributed by atoms with Gasteiger partial charge in [-0.2, -0.15) is 0 Å². The van der Waals surface area contributed by atoms with Gasteiger partial charge in [-0.1, -0.05) is 17.7 Å². The van der Waals surface area contributed by atoms with E-state index in [1.165, 1.54) is 0 Å². The summed E-state index contributed by atoms with van der Waals surface area (Å²) in [6.07, 6.45) is 1.67. The van der Waals surface area contributed by atoms with Crippen LogP contribution < -0.4 is 0 Å². The summed E-state index contributed by atoms with van der Waals surface area (Å²) in [7, 11) is 0. The fourth-order valence-corrected chi connectivity index (χ4v) is 3.00. The Morgan fingerprint density at radius 2 is 2.12 bits per heavy atom. The van der Waals surface area contributed by atoms with Crippen molar-refractivity contribution in [3.05, 3.63) is 56.5 Å². The molecule has 4 heteroatoms. The molecule has 0 spiro atoms. The van der Waals surface area contributed by atoms with E-state index in [0.29, 0.717) is 10.6 Å². The van der Waals surface area contributed by atoms with E-state index in [4.69, 9.17) is 11.6 Å². The van der Waals surface area contributed by atoms with Crippen LogP contribution in [-0.2, 0) is 0 Å². The van der Waals surface area contributed by atoms with Crippen molar-refractivity contribution < 1.29 is 4.79 Å². The van der Waals surface area contributed by atoms with Crippen LogP contribution in [0.3, 0.4) is 0 Å². The molecular formula is C13H8ClNOS. The largest absolute Gasteiger partial charge is 0.289 e. The van der Waals surface area contributed by atoms with Crippen LogP contribution in [0.2, 0.25) is 5.02 Å². The standard InChI is InChI=1S/C13H8ClNOS/c1-7-13(17-6-15-7)11-5-12(16)10-4-8(14)2-3-9(10)11/h2-6H,1H3. The molecular weight excluding hydrogens is 254 g/mol.